The minimum absolute atomic E-state index is 0.0421. The van der Waals surface area contributed by atoms with E-state index < -0.39 is 0 Å². The van der Waals surface area contributed by atoms with E-state index in [0.29, 0.717) is 6.61 Å². The molecule has 0 aliphatic carbocycles. The molecule has 0 spiro atoms. The Morgan fingerprint density at radius 1 is 1.43 bits per heavy atom. The Labute approximate surface area is 84.8 Å². The molecule has 0 radical (unpaired) electrons. The molecule has 1 unspecified atom stereocenters. The highest BCUT2D eigenvalue weighted by molar-refractivity contribution is 5.47. The molecule has 0 aromatic heterocycles. The molecule has 0 amide bonds. The van der Waals surface area contributed by atoms with Crippen molar-refractivity contribution in [1.29, 1.82) is 0 Å². The standard InChI is InChI=1S/C11H17NO2/c1-8-4-5-10(12)6-11(8)14-9(2)7-13-3/h4-6,9H,7,12H2,1-3H3. The Bertz CT molecular complexity index is 299. The van der Waals surface area contributed by atoms with E-state index in [9.17, 15) is 0 Å². The van der Waals surface area contributed by atoms with Crippen LogP contribution in [0.4, 0.5) is 5.69 Å². The van der Waals surface area contributed by atoms with Crippen LogP contribution in [0.3, 0.4) is 0 Å². The zero-order valence-electron chi connectivity index (χ0n) is 8.91. The molecule has 0 aliphatic rings. The Morgan fingerprint density at radius 3 is 2.79 bits per heavy atom. The summed E-state index contributed by atoms with van der Waals surface area (Å²) in [7, 11) is 1.66. The summed E-state index contributed by atoms with van der Waals surface area (Å²) < 4.78 is 10.7. The van der Waals surface area contributed by atoms with E-state index in [2.05, 4.69) is 0 Å². The average molecular weight is 195 g/mol. The van der Waals surface area contributed by atoms with Crippen LogP contribution in [0.5, 0.6) is 5.75 Å². The van der Waals surface area contributed by atoms with Gasteiger partial charge in [-0.25, -0.2) is 0 Å². The first-order valence-corrected chi connectivity index (χ1v) is 4.65. The molecular formula is C11H17NO2. The number of rotatable bonds is 4. The maximum absolute atomic E-state index is 5.67. The Kier molecular flexibility index (Phi) is 3.77. The van der Waals surface area contributed by atoms with Crippen molar-refractivity contribution in [3.8, 4) is 5.75 Å². The smallest absolute Gasteiger partial charge is 0.124 e. The second-order valence-electron chi connectivity index (χ2n) is 3.41. The molecule has 0 saturated carbocycles. The lowest BCUT2D eigenvalue weighted by Gasteiger charge is -2.15. The predicted molar refractivity (Wildman–Crippen MR) is 57.6 cm³/mol. The Morgan fingerprint density at radius 2 is 2.14 bits per heavy atom. The maximum Gasteiger partial charge on any atom is 0.124 e. The van der Waals surface area contributed by atoms with Crippen LogP contribution in [0, 0.1) is 6.92 Å². The highest BCUT2D eigenvalue weighted by atomic mass is 16.5. The second-order valence-corrected chi connectivity index (χ2v) is 3.41. The number of methoxy groups -OCH3 is 1. The van der Waals surface area contributed by atoms with Crippen molar-refractivity contribution in [2.75, 3.05) is 19.5 Å². The zero-order valence-corrected chi connectivity index (χ0v) is 8.91. The van der Waals surface area contributed by atoms with Crippen LogP contribution in [0.15, 0.2) is 18.2 Å². The van der Waals surface area contributed by atoms with Gasteiger partial charge in [-0.3, -0.25) is 0 Å². The van der Waals surface area contributed by atoms with Gasteiger partial charge in [0.05, 0.1) is 6.61 Å². The SMILES string of the molecule is COCC(C)Oc1cc(N)ccc1C. The highest BCUT2D eigenvalue weighted by Gasteiger charge is 2.05. The van der Waals surface area contributed by atoms with E-state index in [1.165, 1.54) is 0 Å². The first-order valence-electron chi connectivity index (χ1n) is 4.65. The molecule has 1 atom stereocenters. The van der Waals surface area contributed by atoms with Crippen LogP contribution in [0.1, 0.15) is 12.5 Å². The van der Waals surface area contributed by atoms with Crippen molar-refractivity contribution in [2.24, 2.45) is 0 Å². The molecule has 0 bridgehead atoms. The molecule has 0 fully saturated rings. The minimum atomic E-state index is 0.0421. The first kappa shape index (κ1) is 10.9. The van der Waals surface area contributed by atoms with E-state index in [0.717, 1.165) is 17.0 Å². The lowest BCUT2D eigenvalue weighted by Crippen LogP contribution is -2.18. The summed E-state index contributed by atoms with van der Waals surface area (Å²) in [5.41, 5.74) is 7.47. The fraction of sp³-hybridized carbons (Fsp3) is 0.455. The van der Waals surface area contributed by atoms with Crippen molar-refractivity contribution in [1.82, 2.24) is 0 Å². The van der Waals surface area contributed by atoms with Gasteiger partial charge in [0.2, 0.25) is 0 Å². The first-order chi connectivity index (χ1) is 6.63. The number of benzene rings is 1. The summed E-state index contributed by atoms with van der Waals surface area (Å²) in [6.07, 6.45) is 0.0421. The maximum atomic E-state index is 5.67. The summed E-state index contributed by atoms with van der Waals surface area (Å²) in [5, 5.41) is 0. The van der Waals surface area contributed by atoms with Crippen molar-refractivity contribution in [3.05, 3.63) is 23.8 Å². The summed E-state index contributed by atoms with van der Waals surface area (Å²) in [6.45, 7) is 4.54. The molecule has 14 heavy (non-hydrogen) atoms. The number of hydrogen-bond donors (Lipinski definition) is 1. The van der Waals surface area contributed by atoms with E-state index in [-0.39, 0.29) is 6.10 Å². The van der Waals surface area contributed by atoms with Crippen LogP contribution in [0.2, 0.25) is 0 Å². The third-order valence-electron chi connectivity index (χ3n) is 1.94. The monoisotopic (exact) mass is 195 g/mol. The predicted octanol–water partition coefficient (Wildman–Crippen LogP) is 1.99. The lowest BCUT2D eigenvalue weighted by molar-refractivity contribution is 0.0916. The summed E-state index contributed by atoms with van der Waals surface area (Å²) in [4.78, 5) is 0. The van der Waals surface area contributed by atoms with Gasteiger partial charge < -0.3 is 15.2 Å². The van der Waals surface area contributed by atoms with Crippen molar-refractivity contribution >= 4 is 5.69 Å². The summed E-state index contributed by atoms with van der Waals surface area (Å²) in [6, 6.07) is 5.65. The minimum Gasteiger partial charge on any atom is -0.488 e. The van der Waals surface area contributed by atoms with Crippen LogP contribution >= 0.6 is 0 Å². The Hall–Kier alpha value is -1.22. The van der Waals surface area contributed by atoms with E-state index in [4.69, 9.17) is 15.2 Å². The fourth-order valence-electron chi connectivity index (χ4n) is 1.23. The van der Waals surface area contributed by atoms with Crippen molar-refractivity contribution in [2.45, 2.75) is 20.0 Å². The molecule has 1 aromatic rings. The van der Waals surface area contributed by atoms with Gasteiger partial charge in [-0.15, -0.1) is 0 Å². The van der Waals surface area contributed by atoms with Gasteiger partial charge in [-0.2, -0.15) is 0 Å². The van der Waals surface area contributed by atoms with Crippen molar-refractivity contribution in [3.63, 3.8) is 0 Å². The van der Waals surface area contributed by atoms with E-state index >= 15 is 0 Å². The van der Waals surface area contributed by atoms with Crippen LogP contribution < -0.4 is 10.5 Å². The van der Waals surface area contributed by atoms with E-state index in [1.54, 1.807) is 7.11 Å². The topological polar surface area (TPSA) is 44.5 Å². The largest absolute Gasteiger partial charge is 0.488 e. The Balaban J connectivity index is 2.70. The van der Waals surface area contributed by atoms with Crippen LogP contribution in [-0.4, -0.2) is 19.8 Å². The third kappa shape index (κ3) is 2.92. The number of nitrogens with two attached hydrogens (primary N) is 1. The van der Waals surface area contributed by atoms with Gasteiger partial charge in [0.15, 0.2) is 0 Å². The number of aryl methyl sites for hydroxylation is 1. The van der Waals surface area contributed by atoms with Gasteiger partial charge >= 0.3 is 0 Å². The van der Waals surface area contributed by atoms with E-state index in [1.807, 2.05) is 32.0 Å². The molecule has 78 valence electrons. The molecule has 1 aromatic carbocycles. The third-order valence-corrected chi connectivity index (χ3v) is 1.94. The average Bonchev–Trinajstić information content (AvgIpc) is 2.12. The second kappa shape index (κ2) is 4.86. The fourth-order valence-corrected chi connectivity index (χ4v) is 1.23. The quantitative estimate of drug-likeness (QED) is 0.747. The zero-order chi connectivity index (χ0) is 10.6. The van der Waals surface area contributed by atoms with Gasteiger partial charge in [0.1, 0.15) is 11.9 Å². The molecule has 0 saturated heterocycles. The van der Waals surface area contributed by atoms with Gasteiger partial charge in [0, 0.05) is 18.9 Å². The molecule has 0 aliphatic heterocycles. The molecular weight excluding hydrogens is 178 g/mol. The number of hydrogen-bond acceptors (Lipinski definition) is 3. The molecule has 3 nitrogen and oxygen atoms in total. The van der Waals surface area contributed by atoms with Crippen LogP contribution in [-0.2, 0) is 4.74 Å². The number of nitrogen functional groups attached to an aromatic ring is 1. The molecule has 3 heteroatoms. The van der Waals surface area contributed by atoms with Gasteiger partial charge in [0.25, 0.3) is 0 Å². The van der Waals surface area contributed by atoms with Gasteiger partial charge in [-0.1, -0.05) is 6.07 Å². The molecule has 1 rings (SSSR count). The van der Waals surface area contributed by atoms with Gasteiger partial charge in [-0.05, 0) is 25.5 Å². The lowest BCUT2D eigenvalue weighted by atomic mass is 10.2. The summed E-state index contributed by atoms with van der Waals surface area (Å²) in [5.74, 6) is 0.828. The normalized spacial score (nSPS) is 12.5. The number of ether oxygens (including phenoxy) is 2. The summed E-state index contributed by atoms with van der Waals surface area (Å²) >= 11 is 0. The highest BCUT2D eigenvalue weighted by Crippen LogP contribution is 2.21. The van der Waals surface area contributed by atoms with Crippen molar-refractivity contribution < 1.29 is 9.47 Å². The number of anilines is 1. The van der Waals surface area contributed by atoms with Crippen LogP contribution in [0.25, 0.3) is 0 Å². The molecule has 2 N–H and O–H groups in total. The molecule has 0 heterocycles.